The molecule has 0 aliphatic heterocycles. The van der Waals surface area contributed by atoms with Gasteiger partial charge in [-0.2, -0.15) is 0 Å². The average molecular weight is 286 g/mol. The van der Waals surface area contributed by atoms with Crippen molar-refractivity contribution >= 4 is 22.2 Å². The summed E-state index contributed by atoms with van der Waals surface area (Å²) in [6.07, 6.45) is 6.03. The summed E-state index contributed by atoms with van der Waals surface area (Å²) in [5.41, 5.74) is 1.67. The van der Waals surface area contributed by atoms with Crippen LogP contribution in [0.5, 0.6) is 0 Å². The van der Waals surface area contributed by atoms with Crippen LogP contribution in [-0.2, 0) is 0 Å². The normalized spacial score (nSPS) is 10.4. The Balaban J connectivity index is 1.85. The molecule has 0 saturated heterocycles. The van der Waals surface area contributed by atoms with Crippen LogP contribution in [0.25, 0.3) is 10.6 Å². The van der Waals surface area contributed by atoms with E-state index in [0.717, 1.165) is 16.3 Å². The number of carbonyl (C=O) groups is 1. The van der Waals surface area contributed by atoms with Crippen LogP contribution >= 0.6 is 11.3 Å². The van der Waals surface area contributed by atoms with Gasteiger partial charge >= 0.3 is 0 Å². The van der Waals surface area contributed by atoms with Crippen molar-refractivity contribution < 1.29 is 9.21 Å². The van der Waals surface area contributed by atoms with Crippen LogP contribution in [0.1, 0.15) is 16.2 Å². The minimum atomic E-state index is -0.341. The van der Waals surface area contributed by atoms with E-state index in [4.69, 9.17) is 4.42 Å². The molecule has 7 heteroatoms. The van der Waals surface area contributed by atoms with Crippen LogP contribution in [0.3, 0.4) is 0 Å². The highest BCUT2D eigenvalue weighted by atomic mass is 32.1. The number of pyridine rings is 1. The lowest BCUT2D eigenvalue weighted by atomic mass is 10.3. The Morgan fingerprint density at radius 2 is 2.25 bits per heavy atom. The smallest absolute Gasteiger partial charge is 0.293 e. The molecule has 3 aromatic heterocycles. The molecule has 3 aromatic rings. The number of amides is 1. The summed E-state index contributed by atoms with van der Waals surface area (Å²) >= 11 is 1.39. The lowest BCUT2D eigenvalue weighted by molar-refractivity contribution is 0.0997. The van der Waals surface area contributed by atoms with E-state index in [9.17, 15) is 4.79 Å². The number of carbonyl (C=O) groups excluding carboxylic acids is 1. The molecule has 0 atom stereocenters. The summed E-state index contributed by atoms with van der Waals surface area (Å²) in [5.74, 6) is -0.173. The van der Waals surface area contributed by atoms with E-state index >= 15 is 0 Å². The SMILES string of the molecule is Cc1nc(-c2cccnc2)sc1NC(=O)c1cnco1. The van der Waals surface area contributed by atoms with E-state index in [1.54, 1.807) is 12.4 Å². The van der Waals surface area contributed by atoms with E-state index in [0.29, 0.717) is 5.00 Å². The van der Waals surface area contributed by atoms with E-state index in [1.807, 2.05) is 19.1 Å². The Kier molecular flexibility index (Phi) is 3.26. The summed E-state index contributed by atoms with van der Waals surface area (Å²) in [6, 6.07) is 3.77. The third-order valence-corrected chi connectivity index (χ3v) is 3.71. The number of nitrogens with zero attached hydrogens (tertiary/aromatic N) is 3. The third-order valence-electron chi connectivity index (χ3n) is 2.59. The lowest BCUT2D eigenvalue weighted by Gasteiger charge is -1.98. The monoisotopic (exact) mass is 286 g/mol. The fourth-order valence-electron chi connectivity index (χ4n) is 1.62. The Morgan fingerprint density at radius 3 is 2.95 bits per heavy atom. The topological polar surface area (TPSA) is 80.9 Å². The molecule has 3 heterocycles. The Labute approximate surface area is 118 Å². The zero-order chi connectivity index (χ0) is 13.9. The van der Waals surface area contributed by atoms with Gasteiger partial charge in [-0.05, 0) is 19.1 Å². The summed E-state index contributed by atoms with van der Waals surface area (Å²) in [4.78, 5) is 24.1. The standard InChI is InChI=1S/C13H10N4O2S/c1-8-12(17-11(18)10-6-15-7-19-10)20-13(16-8)9-3-2-4-14-5-9/h2-7H,1H3,(H,17,18). The predicted molar refractivity (Wildman–Crippen MR) is 74.5 cm³/mol. The second-order valence-electron chi connectivity index (χ2n) is 4.00. The molecule has 0 fully saturated rings. The third kappa shape index (κ3) is 2.43. The van der Waals surface area contributed by atoms with Crippen LogP contribution in [0.4, 0.5) is 5.00 Å². The first-order chi connectivity index (χ1) is 9.74. The molecule has 0 saturated carbocycles. The van der Waals surface area contributed by atoms with E-state index < -0.39 is 0 Å². The van der Waals surface area contributed by atoms with Crippen molar-refractivity contribution in [3.8, 4) is 10.6 Å². The van der Waals surface area contributed by atoms with Gasteiger partial charge in [0.15, 0.2) is 6.39 Å². The summed E-state index contributed by atoms with van der Waals surface area (Å²) in [6.45, 7) is 1.84. The summed E-state index contributed by atoms with van der Waals surface area (Å²) in [5, 5.41) is 4.26. The molecule has 0 radical (unpaired) electrons. The first-order valence-electron chi connectivity index (χ1n) is 5.81. The summed E-state index contributed by atoms with van der Waals surface area (Å²) in [7, 11) is 0. The second kappa shape index (κ2) is 5.22. The maximum atomic E-state index is 11.9. The van der Waals surface area contributed by atoms with E-state index in [1.165, 1.54) is 23.9 Å². The quantitative estimate of drug-likeness (QED) is 0.800. The number of aromatic nitrogens is 3. The molecule has 0 unspecified atom stereocenters. The molecule has 20 heavy (non-hydrogen) atoms. The Hall–Kier alpha value is -2.54. The molecular formula is C13H10N4O2S. The van der Waals surface area contributed by atoms with Crippen LogP contribution < -0.4 is 5.32 Å². The van der Waals surface area contributed by atoms with Crippen molar-refractivity contribution in [2.45, 2.75) is 6.92 Å². The fourth-order valence-corrected chi connectivity index (χ4v) is 2.57. The molecule has 6 nitrogen and oxygen atoms in total. The molecule has 1 N–H and O–H groups in total. The molecule has 3 rings (SSSR count). The van der Waals surface area contributed by atoms with E-state index in [-0.39, 0.29) is 11.7 Å². The van der Waals surface area contributed by atoms with Crippen LogP contribution in [0.15, 0.2) is 41.5 Å². The highest BCUT2D eigenvalue weighted by Gasteiger charge is 2.15. The molecule has 1 amide bonds. The summed E-state index contributed by atoms with van der Waals surface area (Å²) < 4.78 is 4.95. The van der Waals surface area contributed by atoms with Crippen molar-refractivity contribution in [1.29, 1.82) is 0 Å². The highest BCUT2D eigenvalue weighted by molar-refractivity contribution is 7.19. The minimum Gasteiger partial charge on any atom is -0.438 e. The number of nitrogens with one attached hydrogen (secondary N) is 1. The maximum Gasteiger partial charge on any atom is 0.293 e. The fraction of sp³-hybridized carbons (Fsp3) is 0.0769. The first kappa shape index (κ1) is 12.5. The Bertz CT molecular complexity index is 722. The molecule has 0 aromatic carbocycles. The van der Waals surface area contributed by atoms with Crippen molar-refractivity contribution in [2.75, 3.05) is 5.32 Å². The number of oxazole rings is 1. The zero-order valence-electron chi connectivity index (χ0n) is 10.5. The van der Waals surface area contributed by atoms with Crippen molar-refractivity contribution in [3.63, 3.8) is 0 Å². The number of aryl methyl sites for hydroxylation is 1. The maximum absolute atomic E-state index is 11.9. The molecule has 0 bridgehead atoms. The number of rotatable bonds is 3. The van der Waals surface area contributed by atoms with Gasteiger partial charge in [0.2, 0.25) is 5.76 Å². The number of anilines is 1. The van der Waals surface area contributed by atoms with Crippen LogP contribution in [0.2, 0.25) is 0 Å². The van der Waals surface area contributed by atoms with Crippen molar-refractivity contribution in [3.05, 3.63) is 48.6 Å². The van der Waals surface area contributed by atoms with Gasteiger partial charge in [-0.3, -0.25) is 9.78 Å². The van der Waals surface area contributed by atoms with Crippen molar-refractivity contribution in [2.24, 2.45) is 0 Å². The predicted octanol–water partition coefficient (Wildman–Crippen LogP) is 2.75. The van der Waals surface area contributed by atoms with Gasteiger partial charge in [-0.1, -0.05) is 11.3 Å². The lowest BCUT2D eigenvalue weighted by Crippen LogP contribution is -2.10. The largest absolute Gasteiger partial charge is 0.438 e. The number of hydrogen-bond donors (Lipinski definition) is 1. The van der Waals surface area contributed by atoms with Crippen LogP contribution in [-0.4, -0.2) is 20.9 Å². The van der Waals surface area contributed by atoms with E-state index in [2.05, 4.69) is 20.3 Å². The highest BCUT2D eigenvalue weighted by Crippen LogP contribution is 2.31. The Morgan fingerprint density at radius 1 is 1.35 bits per heavy atom. The number of thiazole rings is 1. The second-order valence-corrected chi connectivity index (χ2v) is 4.99. The molecule has 100 valence electrons. The van der Waals surface area contributed by atoms with Gasteiger partial charge in [-0.15, -0.1) is 0 Å². The first-order valence-corrected chi connectivity index (χ1v) is 6.63. The molecule has 0 spiro atoms. The van der Waals surface area contributed by atoms with Gasteiger partial charge in [0.05, 0.1) is 11.9 Å². The minimum absolute atomic E-state index is 0.167. The molecule has 0 aliphatic rings. The van der Waals surface area contributed by atoms with Gasteiger partial charge in [0.1, 0.15) is 10.0 Å². The zero-order valence-corrected chi connectivity index (χ0v) is 11.3. The van der Waals surface area contributed by atoms with Crippen LogP contribution in [0, 0.1) is 6.92 Å². The van der Waals surface area contributed by atoms with Gasteiger partial charge in [-0.25, -0.2) is 9.97 Å². The van der Waals surface area contributed by atoms with Gasteiger partial charge < -0.3 is 9.73 Å². The average Bonchev–Trinajstić information content (AvgIpc) is 3.10. The van der Waals surface area contributed by atoms with Crippen molar-refractivity contribution in [1.82, 2.24) is 15.0 Å². The molecule has 0 aliphatic carbocycles. The van der Waals surface area contributed by atoms with Gasteiger partial charge in [0, 0.05) is 18.0 Å². The van der Waals surface area contributed by atoms with Gasteiger partial charge in [0.25, 0.3) is 5.91 Å². The molecular weight excluding hydrogens is 276 g/mol. The number of hydrogen-bond acceptors (Lipinski definition) is 6.